The van der Waals surface area contributed by atoms with Gasteiger partial charge >= 0.3 is 194 Å². The van der Waals surface area contributed by atoms with Gasteiger partial charge in [0.05, 0.1) is 5.69 Å². The van der Waals surface area contributed by atoms with Crippen molar-refractivity contribution in [3.8, 4) is 34.3 Å². The second-order valence-electron chi connectivity index (χ2n) is 10.2. The van der Waals surface area contributed by atoms with Gasteiger partial charge in [0.1, 0.15) is 0 Å². The van der Waals surface area contributed by atoms with Crippen molar-refractivity contribution in [2.45, 2.75) is 0 Å². The third-order valence-electron chi connectivity index (χ3n) is 7.62. The second kappa shape index (κ2) is 10.3. The number of aromatic nitrogens is 5. The molecule has 8 aromatic rings. The van der Waals surface area contributed by atoms with Crippen LogP contribution in [0.1, 0.15) is 0 Å². The van der Waals surface area contributed by atoms with Gasteiger partial charge in [0.25, 0.3) is 0 Å². The van der Waals surface area contributed by atoms with Crippen molar-refractivity contribution >= 4 is 32.8 Å². The number of para-hydroxylation sites is 3. The zero-order chi connectivity index (χ0) is 28.9. The summed E-state index contributed by atoms with van der Waals surface area (Å²) < 4.78 is 14.0. The molecule has 210 valence electrons. The summed E-state index contributed by atoms with van der Waals surface area (Å²) in [7, 11) is 2.08. The van der Waals surface area contributed by atoms with Crippen molar-refractivity contribution in [3.63, 3.8) is 0 Å². The fourth-order valence-corrected chi connectivity index (χ4v) is 6.43. The van der Waals surface area contributed by atoms with Crippen LogP contribution in [0.5, 0.6) is 11.5 Å². The van der Waals surface area contributed by atoms with Gasteiger partial charge in [-0.05, 0) is 18.2 Å². The molecule has 0 bridgehead atoms. The van der Waals surface area contributed by atoms with Crippen molar-refractivity contribution in [1.29, 1.82) is 0 Å². The number of rotatable bonds is 5. The van der Waals surface area contributed by atoms with Gasteiger partial charge in [-0.1, -0.05) is 18.2 Å². The first-order valence-corrected chi connectivity index (χ1v) is 14.9. The quantitative estimate of drug-likeness (QED) is 0.169. The summed E-state index contributed by atoms with van der Waals surface area (Å²) in [5, 5.41) is 2.21. The molecule has 43 heavy (non-hydrogen) atoms. The molecule has 4 aromatic heterocycles. The minimum atomic E-state index is 0.604. The molecule has 0 unspecified atom stereocenters. The van der Waals surface area contributed by atoms with Crippen LogP contribution in [0, 0.1) is 15.9 Å². The summed E-state index contributed by atoms with van der Waals surface area (Å²) in [5.41, 5.74) is 6.98. The fraction of sp³-hybridized carbons (Fsp3) is 0.0278. The van der Waals surface area contributed by atoms with Gasteiger partial charge in [-0.25, -0.2) is 0 Å². The molecule has 0 aliphatic heterocycles. The van der Waals surface area contributed by atoms with Crippen LogP contribution in [0.2, 0.25) is 0 Å². The van der Waals surface area contributed by atoms with E-state index < -0.39 is 0 Å². The van der Waals surface area contributed by atoms with Crippen LogP contribution in [0.15, 0.2) is 122 Å². The summed E-state index contributed by atoms with van der Waals surface area (Å²) in [6.45, 7) is 0. The van der Waals surface area contributed by atoms with E-state index in [4.69, 9.17) is 9.72 Å². The Morgan fingerprint density at radius 1 is 0.651 bits per heavy atom. The average Bonchev–Trinajstić information content (AvgIpc) is 3.52. The molecule has 0 atom stereocenters. The third kappa shape index (κ3) is 4.34. The van der Waals surface area contributed by atoms with Crippen LogP contribution in [-0.4, -0.2) is 23.7 Å². The SMILES string of the molecule is Cn1[c](=[Pt])n(-c2[c-]c(Oc3[c-]c4c(cc3)c3ccccc3n4-c3ccc(-c4ccccn4)cn3)ccc2)c2ccccc21. The molecule has 0 spiro atoms. The summed E-state index contributed by atoms with van der Waals surface area (Å²) in [6.07, 6.45) is 3.66. The van der Waals surface area contributed by atoms with Gasteiger partial charge in [-0.2, -0.15) is 0 Å². The van der Waals surface area contributed by atoms with E-state index in [1.165, 1.54) is 0 Å². The molecule has 6 nitrogen and oxygen atoms in total. The predicted molar refractivity (Wildman–Crippen MR) is 165 cm³/mol. The van der Waals surface area contributed by atoms with Crippen LogP contribution in [0.25, 0.3) is 55.6 Å². The summed E-state index contributed by atoms with van der Waals surface area (Å²) in [4.78, 5) is 9.31. The molecule has 0 N–H and O–H groups in total. The molecule has 7 heteroatoms. The standard InChI is InChI=1S/C36H23N5O.Pt/c1-39-24-40(34-15-5-4-14-33(34)39)26-9-8-10-27(21-26)42-28-17-18-30-29-11-2-3-13-32(29)41(35(30)22-28)36-19-16-25(23-38-36)31-12-6-7-20-37-31;/h2-20,23H,1H3;/q-2;. The molecule has 0 aliphatic rings. The van der Waals surface area contributed by atoms with E-state index in [0.29, 0.717) is 11.5 Å². The van der Waals surface area contributed by atoms with Crippen LogP contribution in [0.3, 0.4) is 0 Å². The Balaban J connectivity index is 1.21. The van der Waals surface area contributed by atoms with Crippen molar-refractivity contribution < 1.29 is 24.1 Å². The van der Waals surface area contributed by atoms with Crippen LogP contribution in [-0.2, 0) is 26.4 Å². The van der Waals surface area contributed by atoms with Crippen LogP contribution < -0.4 is 4.74 Å². The zero-order valence-electron chi connectivity index (χ0n) is 23.0. The first-order chi connectivity index (χ1) is 21.2. The van der Waals surface area contributed by atoms with E-state index in [2.05, 4.69) is 112 Å². The van der Waals surface area contributed by atoms with E-state index in [1.807, 2.05) is 60.8 Å². The predicted octanol–water partition coefficient (Wildman–Crippen LogP) is 7.99. The third-order valence-corrected chi connectivity index (χ3v) is 8.89. The number of aryl methyl sites for hydroxylation is 1. The number of benzene rings is 4. The first kappa shape index (κ1) is 25.6. The van der Waals surface area contributed by atoms with E-state index in [0.717, 1.165) is 59.4 Å². The van der Waals surface area contributed by atoms with Gasteiger partial charge in [0.2, 0.25) is 0 Å². The number of imidazole rings is 1. The summed E-state index contributed by atoms with van der Waals surface area (Å²) in [5.74, 6) is 2.02. The molecule has 0 amide bonds. The maximum atomic E-state index is 6.40. The monoisotopic (exact) mass is 736 g/mol. The Hall–Kier alpha value is -5.06. The Bertz CT molecular complexity index is 2350. The Kier molecular flexibility index (Phi) is 6.16. The number of hydrogen-bond acceptors (Lipinski definition) is 3. The molecule has 4 aromatic carbocycles. The molecule has 0 saturated heterocycles. The molecule has 0 aliphatic carbocycles. The van der Waals surface area contributed by atoms with Gasteiger partial charge in [0, 0.05) is 18.0 Å². The summed E-state index contributed by atoms with van der Waals surface area (Å²) >= 11 is 2.35. The number of fused-ring (bicyclic) bond motifs is 4. The number of nitrogens with zero attached hydrogens (tertiary/aromatic N) is 5. The molecular formula is C36H23N5OPt-2. The Morgan fingerprint density at radius 2 is 1.44 bits per heavy atom. The molecule has 0 saturated carbocycles. The Labute approximate surface area is 258 Å². The van der Waals surface area contributed by atoms with Crippen molar-refractivity contribution in [3.05, 3.63) is 138 Å². The van der Waals surface area contributed by atoms with E-state index >= 15 is 0 Å². The van der Waals surface area contributed by atoms with Crippen molar-refractivity contribution in [2.75, 3.05) is 0 Å². The average molecular weight is 737 g/mol. The topological polar surface area (TPSA) is 49.8 Å². The van der Waals surface area contributed by atoms with Gasteiger partial charge in [0.15, 0.2) is 0 Å². The van der Waals surface area contributed by atoms with E-state index in [-0.39, 0.29) is 0 Å². The van der Waals surface area contributed by atoms with E-state index in [9.17, 15) is 0 Å². The molecule has 0 fully saturated rings. The number of pyridine rings is 2. The van der Waals surface area contributed by atoms with E-state index in [1.54, 1.807) is 6.20 Å². The minimum absolute atomic E-state index is 0.604. The second-order valence-corrected chi connectivity index (χ2v) is 11.2. The normalized spacial score (nSPS) is 11.5. The Morgan fingerprint density at radius 3 is 2.26 bits per heavy atom. The van der Waals surface area contributed by atoms with Crippen LogP contribution in [0.4, 0.5) is 0 Å². The molecular weight excluding hydrogens is 714 g/mol. The maximum absolute atomic E-state index is 6.40. The fourth-order valence-electron chi connectivity index (χ4n) is 5.61. The van der Waals surface area contributed by atoms with Crippen molar-refractivity contribution in [1.82, 2.24) is 23.7 Å². The first-order valence-electron chi connectivity index (χ1n) is 13.8. The molecule has 8 rings (SSSR count). The molecule has 0 radical (unpaired) electrons. The number of ether oxygens (including phenoxy) is 1. The van der Waals surface area contributed by atoms with Gasteiger partial charge in [-0.15, -0.1) is 0 Å². The summed E-state index contributed by atoms with van der Waals surface area (Å²) in [6, 6.07) is 43.7. The number of hydrogen-bond donors (Lipinski definition) is 0. The van der Waals surface area contributed by atoms with Gasteiger partial charge in [-0.3, -0.25) is 4.98 Å². The molecule has 4 heterocycles. The van der Waals surface area contributed by atoms with Gasteiger partial charge < -0.3 is 0 Å². The zero-order valence-corrected chi connectivity index (χ0v) is 25.3. The van der Waals surface area contributed by atoms with Crippen LogP contribution >= 0.6 is 0 Å². The van der Waals surface area contributed by atoms with Crippen molar-refractivity contribution in [2.24, 2.45) is 7.05 Å².